The van der Waals surface area contributed by atoms with Gasteiger partial charge in [0.05, 0.1) is 12.6 Å². The molecule has 1 aliphatic rings. The van der Waals surface area contributed by atoms with E-state index in [9.17, 15) is 0 Å². The molecule has 0 aromatic carbocycles. The molecule has 2 heteroatoms. The maximum absolute atomic E-state index is 5.08. The third kappa shape index (κ3) is 1.74. The van der Waals surface area contributed by atoms with Crippen molar-refractivity contribution < 1.29 is 4.74 Å². The summed E-state index contributed by atoms with van der Waals surface area (Å²) < 4.78 is 5.08. The van der Waals surface area contributed by atoms with Crippen LogP contribution in [0.4, 0.5) is 0 Å². The summed E-state index contributed by atoms with van der Waals surface area (Å²) in [5.41, 5.74) is 0. The summed E-state index contributed by atoms with van der Waals surface area (Å²) in [5, 5.41) is 0. The quantitative estimate of drug-likeness (QED) is 0.573. The van der Waals surface area contributed by atoms with Gasteiger partial charge in [-0.3, -0.25) is 0 Å². The maximum Gasteiger partial charge on any atom is 0.0665 e. The standard InChI is InChI=1S/C8H15NO/c1-9-6-4-3-5-8(9)7-10-2/h4,6,8H,3,5,7H2,1-2H3. The molecule has 2 nitrogen and oxygen atoms in total. The van der Waals surface area contributed by atoms with E-state index in [-0.39, 0.29) is 0 Å². The fraction of sp³-hybridized carbons (Fsp3) is 0.750. The molecule has 1 rings (SSSR count). The van der Waals surface area contributed by atoms with Gasteiger partial charge in [-0.25, -0.2) is 0 Å². The highest BCUT2D eigenvalue weighted by atomic mass is 16.5. The van der Waals surface area contributed by atoms with Gasteiger partial charge in [-0.2, -0.15) is 0 Å². The van der Waals surface area contributed by atoms with Crippen LogP contribution in [0.15, 0.2) is 12.3 Å². The van der Waals surface area contributed by atoms with Gasteiger partial charge in [0.1, 0.15) is 0 Å². The first kappa shape index (κ1) is 7.61. The van der Waals surface area contributed by atoms with E-state index in [0.29, 0.717) is 6.04 Å². The Balaban J connectivity index is 2.36. The first-order valence-corrected chi connectivity index (χ1v) is 3.72. The van der Waals surface area contributed by atoms with Gasteiger partial charge in [0, 0.05) is 14.2 Å². The summed E-state index contributed by atoms with van der Waals surface area (Å²) in [5.74, 6) is 0. The van der Waals surface area contributed by atoms with Crippen LogP contribution in [0.5, 0.6) is 0 Å². The Morgan fingerprint density at radius 3 is 3.10 bits per heavy atom. The molecule has 1 atom stereocenters. The van der Waals surface area contributed by atoms with Gasteiger partial charge in [0.15, 0.2) is 0 Å². The van der Waals surface area contributed by atoms with Crippen LogP contribution in [0.3, 0.4) is 0 Å². The molecule has 0 aromatic heterocycles. The number of likely N-dealkylation sites (N-methyl/N-ethyl adjacent to an activating group) is 1. The SMILES string of the molecule is COCC1CCC=CN1C. The Morgan fingerprint density at radius 1 is 1.70 bits per heavy atom. The van der Waals surface area contributed by atoms with E-state index < -0.39 is 0 Å². The van der Waals surface area contributed by atoms with Crippen LogP contribution >= 0.6 is 0 Å². The molecule has 58 valence electrons. The topological polar surface area (TPSA) is 12.5 Å². The van der Waals surface area contributed by atoms with Gasteiger partial charge in [-0.1, -0.05) is 6.08 Å². The number of rotatable bonds is 2. The lowest BCUT2D eigenvalue weighted by atomic mass is 10.1. The molecule has 0 N–H and O–H groups in total. The van der Waals surface area contributed by atoms with Crippen LogP contribution in [0, 0.1) is 0 Å². The van der Waals surface area contributed by atoms with Crippen molar-refractivity contribution in [2.24, 2.45) is 0 Å². The molecule has 0 amide bonds. The second-order valence-corrected chi connectivity index (χ2v) is 2.74. The van der Waals surface area contributed by atoms with Crippen molar-refractivity contribution in [3.8, 4) is 0 Å². The number of hydrogen-bond acceptors (Lipinski definition) is 2. The van der Waals surface area contributed by atoms with Gasteiger partial charge in [-0.15, -0.1) is 0 Å². The Kier molecular flexibility index (Phi) is 2.75. The third-order valence-electron chi connectivity index (χ3n) is 1.94. The summed E-state index contributed by atoms with van der Waals surface area (Å²) in [7, 11) is 3.85. The van der Waals surface area contributed by atoms with Gasteiger partial charge in [0.25, 0.3) is 0 Å². The Labute approximate surface area is 62.5 Å². The molecule has 1 heterocycles. The Morgan fingerprint density at radius 2 is 2.50 bits per heavy atom. The highest BCUT2D eigenvalue weighted by Gasteiger charge is 2.12. The van der Waals surface area contributed by atoms with Crippen molar-refractivity contribution in [2.75, 3.05) is 20.8 Å². The van der Waals surface area contributed by atoms with Crippen molar-refractivity contribution in [3.63, 3.8) is 0 Å². The molecule has 0 aliphatic carbocycles. The zero-order chi connectivity index (χ0) is 7.40. The molecule has 1 unspecified atom stereocenters. The zero-order valence-electron chi connectivity index (χ0n) is 6.71. The molecular formula is C8H15NO. The minimum absolute atomic E-state index is 0.593. The molecule has 0 saturated carbocycles. The lowest BCUT2D eigenvalue weighted by molar-refractivity contribution is 0.121. The van der Waals surface area contributed by atoms with E-state index in [4.69, 9.17) is 4.74 Å². The number of nitrogens with zero attached hydrogens (tertiary/aromatic N) is 1. The van der Waals surface area contributed by atoms with Crippen molar-refractivity contribution in [1.82, 2.24) is 4.90 Å². The molecular weight excluding hydrogens is 126 g/mol. The van der Waals surface area contributed by atoms with Crippen LogP contribution < -0.4 is 0 Å². The van der Waals surface area contributed by atoms with Gasteiger partial charge >= 0.3 is 0 Å². The van der Waals surface area contributed by atoms with Crippen LogP contribution in [-0.4, -0.2) is 31.7 Å². The summed E-state index contributed by atoms with van der Waals surface area (Å²) >= 11 is 0. The van der Waals surface area contributed by atoms with E-state index in [1.165, 1.54) is 12.8 Å². The molecule has 0 saturated heterocycles. The summed E-state index contributed by atoms with van der Waals surface area (Å²) in [6.45, 7) is 0.848. The molecule has 10 heavy (non-hydrogen) atoms. The van der Waals surface area contributed by atoms with Crippen LogP contribution in [0.25, 0.3) is 0 Å². The van der Waals surface area contributed by atoms with Crippen LogP contribution in [0.2, 0.25) is 0 Å². The highest BCUT2D eigenvalue weighted by Crippen LogP contribution is 2.12. The monoisotopic (exact) mass is 141 g/mol. The Bertz CT molecular complexity index is 122. The third-order valence-corrected chi connectivity index (χ3v) is 1.94. The first-order chi connectivity index (χ1) is 4.84. The van der Waals surface area contributed by atoms with Gasteiger partial charge < -0.3 is 9.64 Å². The van der Waals surface area contributed by atoms with E-state index in [2.05, 4.69) is 24.2 Å². The summed E-state index contributed by atoms with van der Waals surface area (Å²) in [6.07, 6.45) is 6.75. The first-order valence-electron chi connectivity index (χ1n) is 3.72. The minimum Gasteiger partial charge on any atom is -0.383 e. The van der Waals surface area contributed by atoms with E-state index >= 15 is 0 Å². The van der Waals surface area contributed by atoms with Crippen molar-refractivity contribution in [3.05, 3.63) is 12.3 Å². The van der Waals surface area contributed by atoms with Gasteiger partial charge in [0.2, 0.25) is 0 Å². The summed E-state index contributed by atoms with van der Waals surface area (Å²) in [4.78, 5) is 2.22. The fourth-order valence-electron chi connectivity index (χ4n) is 1.25. The van der Waals surface area contributed by atoms with E-state index in [0.717, 1.165) is 6.61 Å². The number of ether oxygens (including phenoxy) is 1. The Hall–Kier alpha value is -0.500. The normalized spacial score (nSPS) is 25.4. The molecule has 0 fully saturated rings. The molecule has 0 bridgehead atoms. The lowest BCUT2D eigenvalue weighted by Crippen LogP contribution is -2.33. The predicted octanol–water partition coefficient (Wildman–Crippen LogP) is 1.24. The minimum atomic E-state index is 0.593. The number of allylic oxidation sites excluding steroid dienone is 1. The number of hydrogen-bond donors (Lipinski definition) is 0. The number of methoxy groups -OCH3 is 1. The highest BCUT2D eigenvalue weighted by molar-refractivity contribution is 4.91. The van der Waals surface area contributed by atoms with E-state index in [1.807, 2.05) is 0 Å². The predicted molar refractivity (Wildman–Crippen MR) is 41.8 cm³/mol. The molecule has 0 radical (unpaired) electrons. The summed E-state index contributed by atoms with van der Waals surface area (Å²) in [6, 6.07) is 0.593. The lowest BCUT2D eigenvalue weighted by Gasteiger charge is -2.28. The van der Waals surface area contributed by atoms with Crippen molar-refractivity contribution in [1.29, 1.82) is 0 Å². The van der Waals surface area contributed by atoms with Gasteiger partial charge in [-0.05, 0) is 19.0 Å². The maximum atomic E-state index is 5.08. The second kappa shape index (κ2) is 3.62. The second-order valence-electron chi connectivity index (χ2n) is 2.74. The van der Waals surface area contributed by atoms with Crippen LogP contribution in [0.1, 0.15) is 12.8 Å². The smallest absolute Gasteiger partial charge is 0.0665 e. The largest absolute Gasteiger partial charge is 0.383 e. The molecule has 1 aliphatic heterocycles. The fourth-order valence-corrected chi connectivity index (χ4v) is 1.25. The average Bonchev–Trinajstić information content (AvgIpc) is 1.94. The van der Waals surface area contributed by atoms with E-state index in [1.54, 1.807) is 7.11 Å². The zero-order valence-corrected chi connectivity index (χ0v) is 6.71. The van der Waals surface area contributed by atoms with Crippen molar-refractivity contribution >= 4 is 0 Å². The average molecular weight is 141 g/mol. The van der Waals surface area contributed by atoms with Crippen LogP contribution in [-0.2, 0) is 4.74 Å². The van der Waals surface area contributed by atoms with Crippen molar-refractivity contribution in [2.45, 2.75) is 18.9 Å². The molecule has 0 spiro atoms. The molecule has 0 aromatic rings.